The van der Waals surface area contributed by atoms with Crippen LogP contribution in [0.5, 0.6) is 0 Å². The van der Waals surface area contributed by atoms with Crippen molar-refractivity contribution in [2.24, 2.45) is 0 Å². The highest BCUT2D eigenvalue weighted by Crippen LogP contribution is 2.46. The summed E-state index contributed by atoms with van der Waals surface area (Å²) in [5.41, 5.74) is 5.12. The van der Waals surface area contributed by atoms with Gasteiger partial charge in [-0.2, -0.15) is 5.26 Å². The third kappa shape index (κ3) is 12.2. The number of unbranched alkanes of at least 4 members (excludes halogenated alkanes) is 2. The van der Waals surface area contributed by atoms with E-state index in [1.54, 1.807) is 18.2 Å². The number of hydrogen-bond acceptors (Lipinski definition) is 11. The lowest BCUT2D eigenvalue weighted by molar-refractivity contribution is -0.121. The second-order valence-corrected chi connectivity index (χ2v) is 21.3. The normalized spacial score (nSPS) is 14.7. The Kier molecular flexibility index (Phi) is 17.7. The number of fused-ring (bicyclic) bond motifs is 3. The summed E-state index contributed by atoms with van der Waals surface area (Å²) in [6.45, 7) is 13.7. The minimum absolute atomic E-state index is 0.0441. The van der Waals surface area contributed by atoms with Gasteiger partial charge >= 0.3 is 0 Å². The van der Waals surface area contributed by atoms with Crippen molar-refractivity contribution in [3.63, 3.8) is 0 Å². The fourth-order valence-corrected chi connectivity index (χ4v) is 11.7. The van der Waals surface area contributed by atoms with Gasteiger partial charge < -0.3 is 28.8 Å². The van der Waals surface area contributed by atoms with E-state index in [0.29, 0.717) is 72.3 Å². The molecule has 1 atom stereocenters. The van der Waals surface area contributed by atoms with Crippen LogP contribution in [0.2, 0.25) is 0 Å². The Morgan fingerprint density at radius 2 is 1.57 bits per heavy atom. The first-order chi connectivity index (χ1) is 34.5. The molecule has 0 saturated heterocycles. The predicted molar refractivity (Wildman–Crippen MR) is 277 cm³/mol. The fourth-order valence-electron chi connectivity index (χ4n) is 9.83. The highest BCUT2D eigenvalue weighted by Gasteiger charge is 2.41. The van der Waals surface area contributed by atoms with Gasteiger partial charge in [0.15, 0.2) is 0 Å². The number of anilines is 1. The summed E-state index contributed by atoms with van der Waals surface area (Å²) < 4.78 is 97.8. The van der Waals surface area contributed by atoms with Crippen LogP contribution in [0.15, 0.2) is 111 Å². The Labute approximate surface area is 423 Å². The summed E-state index contributed by atoms with van der Waals surface area (Å²) in [5.74, 6) is 0.0671. The van der Waals surface area contributed by atoms with Crippen molar-refractivity contribution in [2.45, 2.75) is 94.6 Å². The Hall–Kier alpha value is -6.00. The van der Waals surface area contributed by atoms with E-state index in [-0.39, 0.29) is 35.1 Å². The Morgan fingerprint density at radius 1 is 0.833 bits per heavy atom. The maximum Gasteiger partial charge on any atom is 0.240 e. The molecule has 382 valence electrons. The van der Waals surface area contributed by atoms with Crippen molar-refractivity contribution in [3.8, 4) is 28.5 Å². The maximum absolute atomic E-state index is 13.9. The first-order valence-electron chi connectivity index (χ1n) is 24.9. The largest absolute Gasteiger partial charge is 0.744 e. The molecule has 72 heavy (non-hydrogen) atoms. The molecule has 2 aliphatic heterocycles. The summed E-state index contributed by atoms with van der Waals surface area (Å²) in [4.78, 5) is 16.0. The zero-order valence-electron chi connectivity index (χ0n) is 41.8. The number of nitriles is 1. The lowest BCUT2D eigenvalue weighted by atomic mass is 9.81. The second kappa shape index (κ2) is 23.7. The van der Waals surface area contributed by atoms with Gasteiger partial charge in [0.05, 0.1) is 34.1 Å². The number of ether oxygens (including phenoxy) is 1. The molecule has 3 aliphatic rings. The van der Waals surface area contributed by atoms with Gasteiger partial charge in [-0.3, -0.25) is 4.79 Å². The van der Waals surface area contributed by atoms with Crippen molar-refractivity contribution in [1.29, 1.82) is 5.26 Å². The van der Waals surface area contributed by atoms with Crippen molar-refractivity contribution in [1.82, 2.24) is 19.5 Å². The number of benzene rings is 5. The molecule has 1 amide bonds. The van der Waals surface area contributed by atoms with Crippen LogP contribution in [0, 0.1) is 17.1 Å². The molecule has 14 nitrogen and oxygen atoms in total. The topological polar surface area (TPSA) is 188 Å². The molecule has 7 rings (SSSR count). The quantitative estimate of drug-likeness (QED) is 0.0257. The van der Waals surface area contributed by atoms with Gasteiger partial charge in [-0.05, 0) is 151 Å². The molecule has 0 aromatic heterocycles. The van der Waals surface area contributed by atoms with Crippen molar-refractivity contribution < 1.29 is 39.7 Å². The average molecular weight is 1020 g/mol. The lowest BCUT2D eigenvalue weighted by Gasteiger charge is -2.31. The molecule has 2 N–H and O–H groups in total. The van der Waals surface area contributed by atoms with Crippen LogP contribution in [-0.2, 0) is 41.9 Å². The number of rotatable bonds is 24. The molecule has 4 aromatic carbocycles. The minimum atomic E-state index is -5.19. The monoisotopic (exact) mass is 1020 g/mol. The number of nitrogens with one attached hydrogen (secondary N) is 2. The van der Waals surface area contributed by atoms with E-state index in [1.807, 2.05) is 83.3 Å². The summed E-state index contributed by atoms with van der Waals surface area (Å²) >= 11 is 0. The SMILES string of the molecule is CCN(CC)c1ccc2c(-c3ccc(S(=O)(=O)NCCCCCC(=O)NCCCN(C)CCC[C@@]4(c5ccc(F)cc5)OCc5cc(C#N)ccc54)cc3S(=O)(=O)[O-])c3ccc(=[N+](CC)CC)cc-3oc2c1. The van der Waals surface area contributed by atoms with Crippen LogP contribution in [0.3, 0.4) is 0 Å². The highest BCUT2D eigenvalue weighted by molar-refractivity contribution is 7.89. The smallest absolute Gasteiger partial charge is 0.240 e. The average Bonchev–Trinajstić information content (AvgIpc) is 3.74. The van der Waals surface area contributed by atoms with Crippen LogP contribution in [0.1, 0.15) is 94.9 Å². The number of carbonyl (C=O) groups is 1. The van der Waals surface area contributed by atoms with E-state index in [2.05, 4.69) is 30.5 Å². The molecule has 17 heteroatoms. The number of nitrogens with zero attached hydrogens (tertiary/aromatic N) is 4. The predicted octanol–water partition coefficient (Wildman–Crippen LogP) is 8.31. The summed E-state index contributed by atoms with van der Waals surface area (Å²) in [6, 6.07) is 29.1. The first kappa shape index (κ1) is 53.8. The Balaban J connectivity index is 0.911. The first-order valence-corrected chi connectivity index (χ1v) is 27.8. The van der Waals surface area contributed by atoms with E-state index >= 15 is 0 Å². The zero-order chi connectivity index (χ0) is 51.6. The molecule has 0 bridgehead atoms. The second-order valence-electron chi connectivity index (χ2n) is 18.2. The molecule has 0 radical (unpaired) electrons. The van der Waals surface area contributed by atoms with E-state index in [9.17, 15) is 35.8 Å². The van der Waals surface area contributed by atoms with Crippen LogP contribution in [-0.4, -0.2) is 91.6 Å². The van der Waals surface area contributed by atoms with Crippen LogP contribution < -0.4 is 24.9 Å². The van der Waals surface area contributed by atoms with Gasteiger partial charge in [-0.1, -0.05) is 30.7 Å². The number of sulfonamides is 1. The van der Waals surface area contributed by atoms with Gasteiger partial charge in [0.1, 0.15) is 46.0 Å². The van der Waals surface area contributed by atoms with Crippen LogP contribution in [0.4, 0.5) is 10.1 Å². The molecule has 0 fully saturated rings. The van der Waals surface area contributed by atoms with Crippen LogP contribution >= 0.6 is 0 Å². The van der Waals surface area contributed by atoms with Gasteiger partial charge in [-0.25, -0.2) is 30.5 Å². The number of amides is 1. The summed E-state index contributed by atoms with van der Waals surface area (Å²) in [5, 5.41) is 13.9. The highest BCUT2D eigenvalue weighted by atomic mass is 32.2. The number of halogens is 1. The number of hydrogen-bond donors (Lipinski definition) is 2. The standard InChI is InChI=1S/C55H65FN6O8S2/c1-6-61(7-2)43-21-24-46-50(34-43)70-51-35-44(62(8-3)9-4)22-25-47(51)54(46)48-26-23-45(36-52(48)72(66,67)68)71(64,65)59-30-12-10-11-15-53(63)58-29-14-32-60(5)31-13-28-55(41-17-19-42(56)20-18-41)49-27-16-39(37-57)33-40(49)38-69-55/h16-27,33-36,59H,6-15,28-32,38H2,1-5H3,(H-,58,63,66,67,68)/t55-/m0/s1. The Morgan fingerprint density at radius 3 is 2.28 bits per heavy atom. The van der Waals surface area contributed by atoms with E-state index in [1.165, 1.54) is 24.3 Å². The van der Waals surface area contributed by atoms with Crippen LogP contribution in [0.25, 0.3) is 33.4 Å². The van der Waals surface area contributed by atoms with Gasteiger partial charge in [0.25, 0.3) is 0 Å². The minimum Gasteiger partial charge on any atom is -0.744 e. The molecular weight excluding hydrogens is 956 g/mol. The summed E-state index contributed by atoms with van der Waals surface area (Å²) in [7, 11) is -7.40. The Bertz CT molecular complexity index is 3200. The fraction of sp³-hybridized carbons (Fsp3) is 0.400. The van der Waals surface area contributed by atoms with Crippen molar-refractivity contribution >= 4 is 42.7 Å². The molecule has 1 aliphatic carbocycles. The van der Waals surface area contributed by atoms with Crippen molar-refractivity contribution in [2.75, 3.05) is 64.3 Å². The third-order valence-electron chi connectivity index (χ3n) is 13.7. The van der Waals surface area contributed by atoms with Gasteiger partial charge in [-0.15, -0.1) is 0 Å². The molecular formula is C55H65FN6O8S2. The molecule has 2 heterocycles. The van der Waals surface area contributed by atoms with Gasteiger partial charge in [0.2, 0.25) is 21.3 Å². The van der Waals surface area contributed by atoms with Gasteiger partial charge in [0, 0.05) is 72.5 Å². The number of carbonyl (C=O) groups excluding carboxylic acids is 1. The third-order valence-corrected chi connectivity index (χ3v) is 16.0. The molecule has 0 unspecified atom stereocenters. The van der Waals surface area contributed by atoms with Crippen molar-refractivity contribution in [3.05, 3.63) is 130 Å². The zero-order valence-corrected chi connectivity index (χ0v) is 43.4. The lowest BCUT2D eigenvalue weighted by Crippen LogP contribution is -2.31. The molecule has 0 saturated carbocycles. The van der Waals surface area contributed by atoms with E-state index in [0.717, 1.165) is 85.9 Å². The van der Waals surface area contributed by atoms with E-state index in [4.69, 9.17) is 9.15 Å². The molecule has 4 aromatic rings. The summed E-state index contributed by atoms with van der Waals surface area (Å²) in [6.07, 6.45) is 4.01. The van der Waals surface area contributed by atoms with E-state index < -0.39 is 30.6 Å². The molecule has 0 spiro atoms. The maximum atomic E-state index is 13.9.